The van der Waals surface area contributed by atoms with Crippen LogP contribution in [0.15, 0.2) is 70.9 Å². The van der Waals surface area contributed by atoms with Crippen LogP contribution in [0, 0.1) is 0 Å². The number of carbonyl (C=O) groups is 2. The van der Waals surface area contributed by atoms with Crippen LogP contribution in [0.25, 0.3) is 11.0 Å². The van der Waals surface area contributed by atoms with Gasteiger partial charge in [0.05, 0.1) is 30.1 Å². The van der Waals surface area contributed by atoms with Crippen molar-refractivity contribution in [2.24, 2.45) is 4.99 Å². The summed E-state index contributed by atoms with van der Waals surface area (Å²) in [5.74, 6) is 0.138. The molecule has 1 aromatic heterocycles. The fourth-order valence-corrected chi connectivity index (χ4v) is 4.19. The summed E-state index contributed by atoms with van der Waals surface area (Å²) >= 11 is 0. The molecular weight excluding hydrogens is 418 g/mol. The van der Waals surface area contributed by atoms with Crippen molar-refractivity contribution in [3.8, 4) is 0 Å². The molecule has 1 atom stereocenters. The molecule has 0 spiro atoms. The number of nitrogens with one attached hydrogen (secondary N) is 1. The normalized spacial score (nSPS) is 19.1. The van der Waals surface area contributed by atoms with Crippen LogP contribution in [0.2, 0.25) is 0 Å². The molecular formula is C26H27N3O4. The van der Waals surface area contributed by atoms with E-state index in [9.17, 15) is 14.7 Å². The second-order valence-corrected chi connectivity index (χ2v) is 8.12. The first-order chi connectivity index (χ1) is 16.0. The zero-order valence-electron chi connectivity index (χ0n) is 18.6. The highest BCUT2D eigenvalue weighted by molar-refractivity contribution is 6.24. The lowest BCUT2D eigenvalue weighted by molar-refractivity contribution is -0.140. The molecule has 2 aromatic carbocycles. The van der Waals surface area contributed by atoms with Gasteiger partial charge in [-0.05, 0) is 30.0 Å². The van der Waals surface area contributed by atoms with E-state index in [4.69, 9.17) is 4.99 Å². The summed E-state index contributed by atoms with van der Waals surface area (Å²) in [5, 5.41) is 10.7. The van der Waals surface area contributed by atoms with Crippen molar-refractivity contribution in [1.29, 1.82) is 0 Å². The van der Waals surface area contributed by atoms with E-state index in [1.807, 2.05) is 54.6 Å². The average Bonchev–Trinajstić information content (AvgIpc) is 3.25. The lowest BCUT2D eigenvalue weighted by atomic mass is 9.78. The Labute approximate surface area is 192 Å². The number of aliphatic hydroxyl groups is 1. The molecule has 1 aliphatic carbocycles. The minimum Gasteiger partial charge on any atom is -0.511 e. The molecule has 1 unspecified atom stereocenters. The van der Waals surface area contributed by atoms with E-state index < -0.39 is 5.97 Å². The molecule has 7 nitrogen and oxygen atoms in total. The van der Waals surface area contributed by atoms with Crippen LogP contribution in [-0.4, -0.2) is 46.2 Å². The number of hydrogen-bond acceptors (Lipinski definition) is 6. The van der Waals surface area contributed by atoms with Gasteiger partial charge in [-0.3, -0.25) is 14.6 Å². The molecule has 1 saturated carbocycles. The number of methoxy groups -OCH3 is 1. The van der Waals surface area contributed by atoms with Gasteiger partial charge in [0.2, 0.25) is 0 Å². The molecule has 33 heavy (non-hydrogen) atoms. The number of ether oxygens (including phenoxy) is 1. The maximum absolute atomic E-state index is 13.1. The largest absolute Gasteiger partial charge is 0.511 e. The molecule has 1 heterocycles. The molecule has 0 radical (unpaired) electrons. The molecule has 1 aliphatic rings. The van der Waals surface area contributed by atoms with Crippen LogP contribution in [0.3, 0.4) is 0 Å². The number of benzene rings is 2. The number of imidazole rings is 1. The number of aromatic nitrogens is 2. The minimum absolute atomic E-state index is 0.000748. The fourth-order valence-electron chi connectivity index (χ4n) is 4.19. The summed E-state index contributed by atoms with van der Waals surface area (Å²) in [4.78, 5) is 37.2. The summed E-state index contributed by atoms with van der Waals surface area (Å²) in [5.41, 5.74) is 3.77. The number of esters is 1. The number of para-hydroxylation sites is 2. The lowest BCUT2D eigenvalue weighted by Gasteiger charge is -2.26. The SMILES string of the molecule is COC(=O)CCC(O)=C1C(=O)CC(c2ccccc2)CC1=NCCc1nc2ccccc2[nH]1. The van der Waals surface area contributed by atoms with E-state index in [0.717, 1.165) is 22.4 Å². The van der Waals surface area contributed by atoms with E-state index in [2.05, 4.69) is 14.7 Å². The molecule has 1 fully saturated rings. The van der Waals surface area contributed by atoms with Crippen molar-refractivity contribution in [3.05, 3.63) is 77.3 Å². The number of H-pyrrole nitrogens is 1. The van der Waals surface area contributed by atoms with Gasteiger partial charge < -0.3 is 14.8 Å². The quantitative estimate of drug-likeness (QED) is 0.317. The average molecular weight is 446 g/mol. The predicted molar refractivity (Wildman–Crippen MR) is 126 cm³/mol. The Morgan fingerprint density at radius 1 is 1.12 bits per heavy atom. The van der Waals surface area contributed by atoms with E-state index in [-0.39, 0.29) is 35.9 Å². The summed E-state index contributed by atoms with van der Waals surface area (Å²) in [6.45, 7) is 0.428. The topological polar surface area (TPSA) is 105 Å². The van der Waals surface area contributed by atoms with Crippen molar-refractivity contribution >= 4 is 28.5 Å². The number of aromatic amines is 1. The molecule has 7 heteroatoms. The minimum atomic E-state index is -0.434. The van der Waals surface area contributed by atoms with Crippen molar-refractivity contribution in [3.63, 3.8) is 0 Å². The highest BCUT2D eigenvalue weighted by Crippen LogP contribution is 2.33. The standard InChI is InChI=1S/C26H27N3O4/c1-33-25(32)12-11-22(30)26-21(15-18(16-23(26)31)17-7-3-2-4-8-17)27-14-13-24-28-19-9-5-6-10-20(19)29-24/h2-10,18,30H,11-16H2,1H3,(H,28,29). The second-order valence-electron chi connectivity index (χ2n) is 8.12. The highest BCUT2D eigenvalue weighted by Gasteiger charge is 2.32. The summed E-state index contributed by atoms with van der Waals surface area (Å²) in [7, 11) is 1.30. The molecule has 0 saturated heterocycles. The smallest absolute Gasteiger partial charge is 0.305 e. The first kappa shape index (κ1) is 22.5. The molecule has 170 valence electrons. The molecule has 3 aromatic rings. The van der Waals surface area contributed by atoms with Crippen LogP contribution in [-0.2, 0) is 20.7 Å². The Bertz CT molecular complexity index is 1180. The number of fused-ring (bicyclic) bond motifs is 1. The van der Waals surface area contributed by atoms with Gasteiger partial charge in [0.15, 0.2) is 5.78 Å². The van der Waals surface area contributed by atoms with Crippen LogP contribution >= 0.6 is 0 Å². The maximum atomic E-state index is 13.1. The van der Waals surface area contributed by atoms with Gasteiger partial charge in [-0.1, -0.05) is 42.5 Å². The second kappa shape index (κ2) is 10.3. The Morgan fingerprint density at radius 2 is 1.88 bits per heavy atom. The Balaban J connectivity index is 1.57. The third-order valence-corrected chi connectivity index (χ3v) is 5.88. The molecule has 4 rings (SSSR count). The number of rotatable bonds is 7. The first-order valence-corrected chi connectivity index (χ1v) is 11.1. The van der Waals surface area contributed by atoms with Crippen LogP contribution in [0.4, 0.5) is 0 Å². The Morgan fingerprint density at radius 3 is 2.64 bits per heavy atom. The summed E-state index contributed by atoms with van der Waals surface area (Å²) < 4.78 is 4.66. The van der Waals surface area contributed by atoms with Crippen LogP contribution < -0.4 is 0 Å². The number of aliphatic hydroxyl groups excluding tert-OH is 1. The lowest BCUT2D eigenvalue weighted by Crippen LogP contribution is -2.27. The Kier molecular flexibility index (Phi) is 6.98. The van der Waals surface area contributed by atoms with Gasteiger partial charge in [-0.2, -0.15) is 0 Å². The van der Waals surface area contributed by atoms with Crippen molar-refractivity contribution in [2.75, 3.05) is 13.7 Å². The zero-order chi connectivity index (χ0) is 23.2. The molecule has 2 N–H and O–H groups in total. The van der Waals surface area contributed by atoms with Crippen molar-refractivity contribution < 1.29 is 19.4 Å². The van der Waals surface area contributed by atoms with Crippen molar-refractivity contribution in [2.45, 2.75) is 38.0 Å². The monoisotopic (exact) mass is 445 g/mol. The highest BCUT2D eigenvalue weighted by atomic mass is 16.5. The van der Waals surface area contributed by atoms with E-state index in [1.54, 1.807) is 0 Å². The van der Waals surface area contributed by atoms with E-state index >= 15 is 0 Å². The van der Waals surface area contributed by atoms with Gasteiger partial charge in [0.1, 0.15) is 11.6 Å². The number of hydrogen-bond donors (Lipinski definition) is 2. The van der Waals surface area contributed by atoms with Crippen LogP contribution in [0.5, 0.6) is 0 Å². The third-order valence-electron chi connectivity index (χ3n) is 5.88. The van der Waals surface area contributed by atoms with Gasteiger partial charge in [-0.15, -0.1) is 0 Å². The number of aliphatic imine (C=N–C) groups is 1. The summed E-state index contributed by atoms with van der Waals surface area (Å²) in [6.07, 6.45) is 1.48. The number of ketones is 1. The fraction of sp³-hybridized carbons (Fsp3) is 0.308. The van der Waals surface area contributed by atoms with E-state index in [1.165, 1.54) is 7.11 Å². The van der Waals surface area contributed by atoms with Gasteiger partial charge in [-0.25, -0.2) is 4.98 Å². The predicted octanol–water partition coefficient (Wildman–Crippen LogP) is 4.46. The third kappa shape index (κ3) is 5.37. The number of nitrogens with zero attached hydrogens (tertiary/aromatic N) is 2. The first-order valence-electron chi connectivity index (χ1n) is 11.1. The number of carbonyl (C=O) groups excluding carboxylic acids is 2. The maximum Gasteiger partial charge on any atom is 0.305 e. The van der Waals surface area contributed by atoms with Crippen molar-refractivity contribution in [1.82, 2.24) is 9.97 Å². The summed E-state index contributed by atoms with van der Waals surface area (Å²) in [6, 6.07) is 17.7. The van der Waals surface area contributed by atoms with Gasteiger partial charge in [0, 0.05) is 31.5 Å². The Hall–Kier alpha value is -3.74. The zero-order valence-corrected chi connectivity index (χ0v) is 18.6. The number of Topliss-reactive ketones (excluding diaryl/α,β-unsaturated/α-hetero) is 1. The molecule has 0 aliphatic heterocycles. The van der Waals surface area contributed by atoms with E-state index in [0.29, 0.717) is 31.5 Å². The molecule has 0 amide bonds. The van der Waals surface area contributed by atoms with Gasteiger partial charge in [0.25, 0.3) is 0 Å². The van der Waals surface area contributed by atoms with Crippen LogP contribution in [0.1, 0.15) is 43.0 Å². The van der Waals surface area contributed by atoms with Gasteiger partial charge >= 0.3 is 5.97 Å². The number of allylic oxidation sites excluding steroid dienone is 2. The molecule has 0 bridgehead atoms.